The molecule has 0 aliphatic carbocycles. The maximum absolute atomic E-state index is 11.8. The Morgan fingerprint density at radius 2 is 2.10 bits per heavy atom. The maximum atomic E-state index is 11.8. The summed E-state index contributed by atoms with van der Waals surface area (Å²) in [5.41, 5.74) is 0.0299. The molecule has 0 radical (unpaired) electrons. The predicted octanol–water partition coefficient (Wildman–Crippen LogP) is 0.970. The van der Waals surface area contributed by atoms with E-state index in [1.54, 1.807) is 18.3 Å². The van der Waals surface area contributed by atoms with E-state index in [-0.39, 0.29) is 30.1 Å². The van der Waals surface area contributed by atoms with E-state index in [2.05, 4.69) is 10.3 Å². The zero-order valence-electron chi connectivity index (χ0n) is 11.0. The number of aryl methyl sites for hydroxylation is 1. The minimum absolute atomic E-state index is 0.106. The van der Waals surface area contributed by atoms with E-state index < -0.39 is 5.97 Å². The summed E-state index contributed by atoms with van der Waals surface area (Å²) in [7, 11) is 0. The van der Waals surface area contributed by atoms with Crippen molar-refractivity contribution in [2.24, 2.45) is 0 Å². The molecule has 0 unspecified atom stereocenters. The second-order valence-corrected chi connectivity index (χ2v) is 4.27. The molecule has 0 aliphatic heterocycles. The Morgan fingerprint density at radius 3 is 2.81 bits per heavy atom. The number of aromatic carboxylic acids is 1. The number of pyridine rings is 2. The van der Waals surface area contributed by atoms with Crippen molar-refractivity contribution in [3.63, 3.8) is 0 Å². The van der Waals surface area contributed by atoms with E-state index in [9.17, 15) is 14.4 Å². The first-order chi connectivity index (χ1) is 10.1. The molecule has 2 aromatic rings. The fourth-order valence-electron chi connectivity index (χ4n) is 1.72. The van der Waals surface area contributed by atoms with Crippen molar-refractivity contribution in [1.29, 1.82) is 0 Å². The van der Waals surface area contributed by atoms with Gasteiger partial charge in [0, 0.05) is 37.1 Å². The summed E-state index contributed by atoms with van der Waals surface area (Å²) < 4.78 is 1.43. The van der Waals surface area contributed by atoms with Crippen LogP contribution in [-0.2, 0) is 11.3 Å². The third-order valence-electron chi connectivity index (χ3n) is 2.74. The largest absolute Gasteiger partial charge is 0.477 e. The van der Waals surface area contributed by atoms with Crippen LogP contribution in [0.2, 0.25) is 0 Å². The second kappa shape index (κ2) is 6.47. The Balaban J connectivity index is 1.96. The molecule has 7 heteroatoms. The van der Waals surface area contributed by atoms with Crippen molar-refractivity contribution < 1.29 is 14.7 Å². The van der Waals surface area contributed by atoms with Crippen LogP contribution in [0, 0.1) is 0 Å². The van der Waals surface area contributed by atoms with Crippen LogP contribution in [0.4, 0.5) is 5.69 Å². The van der Waals surface area contributed by atoms with E-state index >= 15 is 0 Å². The van der Waals surface area contributed by atoms with Crippen molar-refractivity contribution in [2.45, 2.75) is 13.0 Å². The number of carbonyl (C=O) groups is 2. The molecule has 7 nitrogen and oxygen atoms in total. The Morgan fingerprint density at radius 1 is 1.29 bits per heavy atom. The van der Waals surface area contributed by atoms with Crippen molar-refractivity contribution in [2.75, 3.05) is 5.32 Å². The van der Waals surface area contributed by atoms with E-state index in [4.69, 9.17) is 5.11 Å². The number of aromatic nitrogens is 2. The van der Waals surface area contributed by atoms with Crippen molar-refractivity contribution in [3.05, 3.63) is 58.8 Å². The van der Waals surface area contributed by atoms with Gasteiger partial charge in [-0.3, -0.25) is 9.59 Å². The number of anilines is 1. The van der Waals surface area contributed by atoms with Crippen LogP contribution in [0.15, 0.2) is 47.5 Å². The van der Waals surface area contributed by atoms with Gasteiger partial charge >= 0.3 is 5.97 Å². The number of carboxylic acid groups (broad SMARTS) is 1. The Hall–Kier alpha value is -2.96. The predicted molar refractivity (Wildman–Crippen MR) is 75.1 cm³/mol. The highest BCUT2D eigenvalue weighted by atomic mass is 16.4. The van der Waals surface area contributed by atoms with Crippen molar-refractivity contribution in [1.82, 2.24) is 9.55 Å². The fraction of sp³-hybridized carbons (Fsp3) is 0.143. The molecule has 2 N–H and O–H groups in total. The summed E-state index contributed by atoms with van der Waals surface area (Å²) in [6.45, 7) is 0.252. The molecule has 0 saturated carbocycles. The number of nitrogens with zero attached hydrogens (tertiary/aromatic N) is 2. The maximum Gasteiger partial charge on any atom is 0.354 e. The van der Waals surface area contributed by atoms with Crippen LogP contribution < -0.4 is 10.9 Å². The molecule has 0 fully saturated rings. The monoisotopic (exact) mass is 287 g/mol. The lowest BCUT2D eigenvalue weighted by Crippen LogP contribution is -2.21. The lowest BCUT2D eigenvalue weighted by Gasteiger charge is -2.07. The van der Waals surface area contributed by atoms with E-state index in [0.717, 1.165) is 0 Å². The first kappa shape index (κ1) is 14.4. The summed E-state index contributed by atoms with van der Waals surface area (Å²) in [6, 6.07) is 7.53. The van der Waals surface area contributed by atoms with Gasteiger partial charge < -0.3 is 15.0 Å². The zero-order chi connectivity index (χ0) is 15.2. The zero-order valence-corrected chi connectivity index (χ0v) is 11.0. The first-order valence-electron chi connectivity index (χ1n) is 6.21. The molecule has 0 aromatic carbocycles. The van der Waals surface area contributed by atoms with Crippen molar-refractivity contribution in [3.8, 4) is 0 Å². The second-order valence-electron chi connectivity index (χ2n) is 4.27. The van der Waals surface area contributed by atoms with Crippen LogP contribution in [0.5, 0.6) is 0 Å². The molecule has 2 heterocycles. The molecule has 0 spiro atoms. The summed E-state index contributed by atoms with van der Waals surface area (Å²) in [5.74, 6) is -1.48. The molecule has 0 aliphatic rings. The minimum atomic E-state index is -1.16. The number of hydrogen-bond acceptors (Lipinski definition) is 4. The third-order valence-corrected chi connectivity index (χ3v) is 2.74. The van der Waals surface area contributed by atoms with E-state index in [1.165, 1.54) is 29.0 Å². The molecule has 0 saturated heterocycles. The van der Waals surface area contributed by atoms with Gasteiger partial charge in [-0.15, -0.1) is 0 Å². The molecule has 2 rings (SSSR count). The number of carbonyl (C=O) groups excluding carboxylic acids is 1. The highest BCUT2D eigenvalue weighted by molar-refractivity contribution is 5.92. The van der Waals surface area contributed by atoms with E-state index in [1.807, 2.05) is 0 Å². The van der Waals surface area contributed by atoms with Gasteiger partial charge in [0.15, 0.2) is 0 Å². The van der Waals surface area contributed by atoms with Gasteiger partial charge in [-0.2, -0.15) is 0 Å². The van der Waals surface area contributed by atoms with Gasteiger partial charge in [-0.05, 0) is 18.2 Å². The summed E-state index contributed by atoms with van der Waals surface area (Å²) >= 11 is 0. The Labute approximate surface area is 119 Å². The molecule has 0 bridgehead atoms. The number of carboxylic acids is 1. The van der Waals surface area contributed by atoms with Crippen LogP contribution in [0.3, 0.4) is 0 Å². The minimum Gasteiger partial charge on any atom is -0.477 e. The summed E-state index contributed by atoms with van der Waals surface area (Å²) in [4.78, 5) is 37.7. The fourth-order valence-corrected chi connectivity index (χ4v) is 1.72. The summed E-state index contributed by atoms with van der Waals surface area (Å²) in [5, 5.41) is 11.4. The topological polar surface area (TPSA) is 101 Å². The number of rotatable bonds is 5. The molecular weight excluding hydrogens is 274 g/mol. The Bertz CT molecular complexity index is 724. The standard InChI is InChI=1S/C14H13N3O4/c18-12(5-8-17-7-2-1-3-13(17)19)16-10-4-6-15-11(9-10)14(20)21/h1-4,6-7,9H,5,8H2,(H,20,21)(H,15,16,18). The molecule has 0 atom stereocenters. The molecule has 21 heavy (non-hydrogen) atoms. The third kappa shape index (κ3) is 4.00. The van der Waals surface area contributed by atoms with Crippen molar-refractivity contribution >= 4 is 17.6 Å². The molecule has 108 valence electrons. The number of nitrogens with one attached hydrogen (secondary N) is 1. The van der Waals surface area contributed by atoms with Crippen LogP contribution in [0.1, 0.15) is 16.9 Å². The number of amides is 1. The van der Waals surface area contributed by atoms with Gasteiger partial charge in [0.25, 0.3) is 5.56 Å². The van der Waals surface area contributed by atoms with E-state index in [0.29, 0.717) is 5.69 Å². The average Bonchev–Trinajstić information content (AvgIpc) is 2.46. The van der Waals surface area contributed by atoms with Gasteiger partial charge in [-0.1, -0.05) is 6.07 Å². The van der Waals surface area contributed by atoms with Gasteiger partial charge in [-0.25, -0.2) is 9.78 Å². The summed E-state index contributed by atoms with van der Waals surface area (Å²) in [6.07, 6.45) is 3.01. The molecular formula is C14H13N3O4. The first-order valence-corrected chi connectivity index (χ1v) is 6.21. The van der Waals surface area contributed by atoms with Gasteiger partial charge in [0.2, 0.25) is 5.91 Å². The number of hydrogen-bond donors (Lipinski definition) is 2. The SMILES string of the molecule is O=C(CCn1ccccc1=O)Nc1ccnc(C(=O)O)c1. The van der Waals surface area contributed by atoms with Gasteiger partial charge in [0.05, 0.1) is 0 Å². The average molecular weight is 287 g/mol. The van der Waals surface area contributed by atoms with Crippen LogP contribution in [-0.4, -0.2) is 26.5 Å². The Kier molecular flexibility index (Phi) is 4.45. The quantitative estimate of drug-likeness (QED) is 0.853. The highest BCUT2D eigenvalue weighted by Crippen LogP contribution is 2.08. The lowest BCUT2D eigenvalue weighted by atomic mass is 10.3. The lowest BCUT2D eigenvalue weighted by molar-refractivity contribution is -0.116. The van der Waals surface area contributed by atoms with Gasteiger partial charge in [0.1, 0.15) is 5.69 Å². The van der Waals surface area contributed by atoms with Crippen LogP contribution >= 0.6 is 0 Å². The molecule has 2 aromatic heterocycles. The smallest absolute Gasteiger partial charge is 0.354 e. The molecule has 1 amide bonds. The highest BCUT2D eigenvalue weighted by Gasteiger charge is 2.07. The van der Waals surface area contributed by atoms with Crippen LogP contribution in [0.25, 0.3) is 0 Å². The normalized spacial score (nSPS) is 10.1.